The lowest BCUT2D eigenvalue weighted by Crippen LogP contribution is -2.48. The Labute approximate surface area is 174 Å². The summed E-state index contributed by atoms with van der Waals surface area (Å²) in [5.41, 5.74) is 3.79. The minimum Gasteiger partial charge on any atom is -0.369 e. The third-order valence-corrected chi connectivity index (χ3v) is 5.87. The van der Waals surface area contributed by atoms with Gasteiger partial charge in [0.15, 0.2) is 0 Å². The summed E-state index contributed by atoms with van der Waals surface area (Å²) >= 11 is 5.75. The van der Waals surface area contributed by atoms with Crippen LogP contribution in [-0.2, 0) is 22.4 Å². The average Bonchev–Trinajstić information content (AvgIpc) is 2.71. The molecule has 2 aromatic rings. The van der Waals surface area contributed by atoms with Crippen molar-refractivity contribution in [2.24, 2.45) is 0 Å². The van der Waals surface area contributed by atoms with E-state index in [0.29, 0.717) is 19.4 Å². The summed E-state index contributed by atoms with van der Waals surface area (Å²) < 4.78 is 13.7. The number of halogens is 2. The standard InChI is InChI=1S/C22H23ClFN3O2/c23-20-6-4-18(13-21(20)24)27-9-7-26(8-10-27)14-22(29)25-17-3-1-16-12-19(28)5-2-15(16)11-17/h1,3-4,6,11,13H,2,5,7-10,12,14H2,(H,25,29). The Morgan fingerprint density at radius 3 is 2.59 bits per heavy atom. The highest BCUT2D eigenvalue weighted by molar-refractivity contribution is 6.30. The lowest BCUT2D eigenvalue weighted by Gasteiger charge is -2.35. The van der Waals surface area contributed by atoms with Crippen LogP contribution in [0.5, 0.6) is 0 Å². The molecule has 1 fully saturated rings. The number of nitrogens with one attached hydrogen (secondary N) is 1. The maximum Gasteiger partial charge on any atom is 0.238 e. The van der Waals surface area contributed by atoms with Crippen LogP contribution in [0.2, 0.25) is 5.02 Å². The minimum atomic E-state index is -0.416. The van der Waals surface area contributed by atoms with E-state index in [-0.39, 0.29) is 16.7 Å². The summed E-state index contributed by atoms with van der Waals surface area (Å²) in [6.45, 7) is 3.22. The Morgan fingerprint density at radius 1 is 1.03 bits per heavy atom. The lowest BCUT2D eigenvalue weighted by atomic mass is 9.90. The van der Waals surface area contributed by atoms with Crippen LogP contribution in [0.15, 0.2) is 36.4 Å². The molecule has 0 unspecified atom stereocenters. The molecule has 1 aliphatic carbocycles. The Bertz CT molecular complexity index is 942. The third-order valence-electron chi connectivity index (χ3n) is 5.56. The number of ketones is 1. The van der Waals surface area contributed by atoms with Gasteiger partial charge in [-0.3, -0.25) is 14.5 Å². The molecule has 7 heteroatoms. The number of hydrogen-bond acceptors (Lipinski definition) is 4. The van der Waals surface area contributed by atoms with E-state index in [1.807, 2.05) is 24.3 Å². The van der Waals surface area contributed by atoms with E-state index < -0.39 is 5.82 Å². The van der Waals surface area contributed by atoms with E-state index in [4.69, 9.17) is 11.6 Å². The quantitative estimate of drug-likeness (QED) is 0.832. The fourth-order valence-electron chi connectivity index (χ4n) is 3.93. The molecule has 1 heterocycles. The number of piperazine rings is 1. The average molecular weight is 416 g/mol. The van der Waals surface area contributed by atoms with Gasteiger partial charge in [0.25, 0.3) is 0 Å². The number of aryl methyl sites for hydroxylation is 1. The summed E-state index contributed by atoms with van der Waals surface area (Å²) in [7, 11) is 0. The third kappa shape index (κ3) is 4.77. The number of fused-ring (bicyclic) bond motifs is 1. The molecule has 0 saturated carbocycles. The molecule has 29 heavy (non-hydrogen) atoms. The van der Waals surface area contributed by atoms with Gasteiger partial charge in [-0.2, -0.15) is 0 Å². The van der Waals surface area contributed by atoms with Gasteiger partial charge in [-0.1, -0.05) is 17.7 Å². The molecule has 0 atom stereocenters. The number of amides is 1. The molecule has 152 valence electrons. The minimum absolute atomic E-state index is 0.0529. The van der Waals surface area contributed by atoms with Crippen molar-refractivity contribution in [3.8, 4) is 0 Å². The van der Waals surface area contributed by atoms with Crippen LogP contribution in [-0.4, -0.2) is 49.3 Å². The molecular weight excluding hydrogens is 393 g/mol. The van der Waals surface area contributed by atoms with Crippen molar-refractivity contribution in [3.63, 3.8) is 0 Å². The SMILES string of the molecule is O=C1CCc2cc(NC(=O)CN3CCN(c4ccc(Cl)c(F)c4)CC3)ccc2C1. The van der Waals surface area contributed by atoms with E-state index >= 15 is 0 Å². The highest BCUT2D eigenvalue weighted by Crippen LogP contribution is 2.24. The fraction of sp³-hybridized carbons (Fsp3) is 0.364. The Balaban J connectivity index is 1.29. The number of Topliss-reactive ketones (excluding diaryl/α,β-unsaturated/α-hetero) is 1. The molecule has 0 spiro atoms. The molecular formula is C22H23ClFN3O2. The molecule has 5 nitrogen and oxygen atoms in total. The summed E-state index contributed by atoms with van der Waals surface area (Å²) in [4.78, 5) is 28.2. The number of hydrogen-bond donors (Lipinski definition) is 1. The number of carbonyl (C=O) groups excluding carboxylic acids is 2. The highest BCUT2D eigenvalue weighted by Gasteiger charge is 2.21. The van der Waals surface area contributed by atoms with Crippen molar-refractivity contribution < 1.29 is 14.0 Å². The van der Waals surface area contributed by atoms with Gasteiger partial charge in [0.2, 0.25) is 5.91 Å². The van der Waals surface area contributed by atoms with E-state index in [2.05, 4.69) is 15.1 Å². The van der Waals surface area contributed by atoms with Gasteiger partial charge in [-0.25, -0.2) is 4.39 Å². The van der Waals surface area contributed by atoms with Crippen molar-refractivity contribution >= 4 is 34.7 Å². The van der Waals surface area contributed by atoms with E-state index in [0.717, 1.165) is 55.1 Å². The predicted octanol–water partition coefficient (Wildman–Crippen LogP) is 3.30. The first-order valence-electron chi connectivity index (χ1n) is 9.83. The van der Waals surface area contributed by atoms with Crippen LogP contribution < -0.4 is 10.2 Å². The van der Waals surface area contributed by atoms with Gasteiger partial charge in [0.1, 0.15) is 11.6 Å². The van der Waals surface area contributed by atoms with Crippen LogP contribution in [0.4, 0.5) is 15.8 Å². The second kappa shape index (κ2) is 8.51. The Hall–Kier alpha value is -2.44. The van der Waals surface area contributed by atoms with Crippen molar-refractivity contribution in [1.82, 2.24) is 4.90 Å². The zero-order valence-corrected chi connectivity index (χ0v) is 16.8. The zero-order chi connectivity index (χ0) is 20.4. The molecule has 0 bridgehead atoms. The number of carbonyl (C=O) groups is 2. The van der Waals surface area contributed by atoms with Crippen LogP contribution in [0.25, 0.3) is 0 Å². The van der Waals surface area contributed by atoms with E-state index in [9.17, 15) is 14.0 Å². The van der Waals surface area contributed by atoms with Gasteiger partial charge in [0.05, 0.1) is 11.6 Å². The van der Waals surface area contributed by atoms with Crippen molar-refractivity contribution in [2.75, 3.05) is 42.9 Å². The summed E-state index contributed by atoms with van der Waals surface area (Å²) in [6, 6.07) is 10.6. The maximum absolute atomic E-state index is 13.7. The number of anilines is 2. The van der Waals surface area contributed by atoms with E-state index in [1.54, 1.807) is 6.07 Å². The molecule has 2 aromatic carbocycles. The second-order valence-corrected chi connectivity index (χ2v) is 8.02. The molecule has 2 aliphatic rings. The Morgan fingerprint density at radius 2 is 1.83 bits per heavy atom. The lowest BCUT2D eigenvalue weighted by molar-refractivity contribution is -0.119. The highest BCUT2D eigenvalue weighted by atomic mass is 35.5. The monoisotopic (exact) mass is 415 g/mol. The van der Waals surface area contributed by atoms with Crippen LogP contribution >= 0.6 is 11.6 Å². The number of nitrogens with zero attached hydrogens (tertiary/aromatic N) is 2. The zero-order valence-electron chi connectivity index (χ0n) is 16.1. The van der Waals surface area contributed by atoms with Gasteiger partial charge in [0, 0.05) is 50.4 Å². The van der Waals surface area contributed by atoms with Crippen LogP contribution in [0, 0.1) is 5.82 Å². The maximum atomic E-state index is 13.7. The molecule has 1 N–H and O–H groups in total. The summed E-state index contributed by atoms with van der Waals surface area (Å²) in [5, 5.41) is 3.09. The molecule has 1 amide bonds. The molecule has 1 aliphatic heterocycles. The molecule has 0 aromatic heterocycles. The number of rotatable bonds is 4. The number of benzene rings is 2. The summed E-state index contributed by atoms with van der Waals surface area (Å²) in [5.74, 6) is -0.196. The topological polar surface area (TPSA) is 52.7 Å². The second-order valence-electron chi connectivity index (χ2n) is 7.61. The first-order chi connectivity index (χ1) is 14.0. The van der Waals surface area contributed by atoms with Crippen molar-refractivity contribution in [1.29, 1.82) is 0 Å². The largest absolute Gasteiger partial charge is 0.369 e. The van der Waals surface area contributed by atoms with Gasteiger partial charge in [-0.15, -0.1) is 0 Å². The van der Waals surface area contributed by atoms with Gasteiger partial charge in [-0.05, 0) is 47.9 Å². The first kappa shape index (κ1) is 19.9. The summed E-state index contributed by atoms with van der Waals surface area (Å²) in [6.07, 6.45) is 1.81. The Kier molecular flexibility index (Phi) is 5.83. The van der Waals surface area contributed by atoms with Crippen LogP contribution in [0.3, 0.4) is 0 Å². The normalized spacial score (nSPS) is 17.2. The molecule has 0 radical (unpaired) electrons. The van der Waals surface area contributed by atoms with E-state index in [1.165, 1.54) is 6.07 Å². The van der Waals surface area contributed by atoms with Gasteiger partial charge < -0.3 is 10.2 Å². The van der Waals surface area contributed by atoms with Crippen molar-refractivity contribution in [2.45, 2.75) is 19.3 Å². The predicted molar refractivity (Wildman–Crippen MR) is 112 cm³/mol. The molecule has 4 rings (SSSR count). The first-order valence-corrected chi connectivity index (χ1v) is 10.2. The smallest absolute Gasteiger partial charge is 0.238 e. The molecule has 1 saturated heterocycles. The van der Waals surface area contributed by atoms with Crippen molar-refractivity contribution in [3.05, 3.63) is 58.4 Å². The van der Waals surface area contributed by atoms with Gasteiger partial charge >= 0.3 is 0 Å². The van der Waals surface area contributed by atoms with Crippen LogP contribution in [0.1, 0.15) is 17.5 Å². The fourth-order valence-corrected chi connectivity index (χ4v) is 4.05.